The van der Waals surface area contributed by atoms with Crippen molar-refractivity contribution in [3.8, 4) is 0 Å². The zero-order valence-electron chi connectivity index (χ0n) is 11.7. The molecule has 0 heterocycles. The van der Waals surface area contributed by atoms with Crippen LogP contribution in [-0.4, -0.2) is 23.8 Å². The van der Waals surface area contributed by atoms with Gasteiger partial charge in [0.1, 0.15) is 6.10 Å². The number of ether oxygens (including phenoxy) is 1. The summed E-state index contributed by atoms with van der Waals surface area (Å²) < 4.78 is 5.53. The monoisotopic (exact) mass is 289 g/mol. The van der Waals surface area contributed by atoms with Crippen LogP contribution in [0.1, 0.15) is 42.5 Å². The molecule has 6 nitrogen and oxygen atoms in total. The summed E-state index contributed by atoms with van der Waals surface area (Å²) in [5, 5.41) is 3.97. The number of amides is 2. The quantitative estimate of drug-likeness (QED) is 0.507. The maximum absolute atomic E-state index is 12.0. The molecule has 0 unspecified atom stereocenters. The van der Waals surface area contributed by atoms with E-state index in [9.17, 15) is 9.59 Å². The van der Waals surface area contributed by atoms with Gasteiger partial charge < -0.3 is 10.5 Å². The number of nitrogens with zero attached hydrogens (tertiary/aromatic N) is 1. The summed E-state index contributed by atoms with van der Waals surface area (Å²) in [5.41, 5.74) is 8.67. The van der Waals surface area contributed by atoms with E-state index in [0.717, 1.165) is 25.0 Å². The second-order valence-corrected chi connectivity index (χ2v) is 4.98. The molecule has 0 aliphatic heterocycles. The van der Waals surface area contributed by atoms with Crippen molar-refractivity contribution in [3.63, 3.8) is 0 Å². The van der Waals surface area contributed by atoms with E-state index in [-0.39, 0.29) is 12.1 Å². The van der Waals surface area contributed by atoms with Gasteiger partial charge in [0, 0.05) is 5.71 Å². The Kier molecular flexibility index (Phi) is 5.31. The maximum atomic E-state index is 12.0. The molecule has 0 saturated heterocycles. The highest BCUT2D eigenvalue weighted by atomic mass is 16.5. The Hall–Kier alpha value is -2.37. The number of rotatable bonds is 3. The third kappa shape index (κ3) is 4.91. The lowest BCUT2D eigenvalue weighted by atomic mass is 10.1. The van der Waals surface area contributed by atoms with Gasteiger partial charge in [0.15, 0.2) is 0 Å². The fourth-order valence-electron chi connectivity index (χ4n) is 2.29. The zero-order valence-corrected chi connectivity index (χ0v) is 11.7. The molecule has 1 fully saturated rings. The van der Waals surface area contributed by atoms with Crippen molar-refractivity contribution in [2.75, 3.05) is 0 Å². The molecule has 0 spiro atoms. The number of nitrogens with two attached hydrogens (primary N) is 1. The number of urea groups is 1. The van der Waals surface area contributed by atoms with Gasteiger partial charge in [-0.15, -0.1) is 0 Å². The largest absolute Gasteiger partial charge is 0.459 e. The number of carbonyl (C=O) groups is 2. The molecular weight excluding hydrogens is 270 g/mol. The average Bonchev–Trinajstić information content (AvgIpc) is 2.71. The van der Waals surface area contributed by atoms with Gasteiger partial charge in [0.05, 0.1) is 5.56 Å². The first-order chi connectivity index (χ1) is 10.1. The molecule has 1 aliphatic rings. The number of hydrogen-bond donors (Lipinski definition) is 2. The Morgan fingerprint density at radius 2 is 1.95 bits per heavy atom. The molecule has 6 heteroatoms. The van der Waals surface area contributed by atoms with Gasteiger partial charge in [-0.05, 0) is 44.2 Å². The number of carbonyl (C=O) groups excluding carboxylic acids is 2. The van der Waals surface area contributed by atoms with Crippen LogP contribution in [-0.2, 0) is 4.74 Å². The van der Waals surface area contributed by atoms with Crippen LogP contribution in [0, 0.1) is 0 Å². The third-order valence-corrected chi connectivity index (χ3v) is 3.35. The summed E-state index contributed by atoms with van der Waals surface area (Å²) >= 11 is 0. The molecule has 1 saturated carbocycles. The molecule has 0 aromatic heterocycles. The Morgan fingerprint density at radius 1 is 1.19 bits per heavy atom. The average molecular weight is 289 g/mol. The van der Waals surface area contributed by atoms with E-state index < -0.39 is 6.03 Å². The predicted molar refractivity (Wildman–Crippen MR) is 78.9 cm³/mol. The minimum Gasteiger partial charge on any atom is -0.459 e. The standard InChI is InChI=1S/C15H19N3O3/c16-15(20)18-17-12-7-4-8-13(10-9-12)21-14(19)11-5-2-1-3-6-11/h1-3,5-6,13H,4,7-10H2,(H3,16,18,20)/b17-12-/t13-/m1/s1. The highest BCUT2D eigenvalue weighted by molar-refractivity contribution is 5.89. The fourth-order valence-corrected chi connectivity index (χ4v) is 2.29. The number of benzene rings is 1. The molecular formula is C15H19N3O3. The Labute approximate surface area is 123 Å². The molecule has 21 heavy (non-hydrogen) atoms. The highest BCUT2D eigenvalue weighted by Gasteiger charge is 2.20. The first-order valence-corrected chi connectivity index (χ1v) is 7.02. The van der Waals surface area contributed by atoms with Crippen LogP contribution >= 0.6 is 0 Å². The van der Waals surface area contributed by atoms with E-state index in [4.69, 9.17) is 10.5 Å². The van der Waals surface area contributed by atoms with Crippen LogP contribution in [0.3, 0.4) is 0 Å². The van der Waals surface area contributed by atoms with Crippen LogP contribution in [0.25, 0.3) is 0 Å². The van der Waals surface area contributed by atoms with Crippen molar-refractivity contribution in [1.29, 1.82) is 0 Å². The van der Waals surface area contributed by atoms with Crippen molar-refractivity contribution in [1.82, 2.24) is 5.43 Å². The summed E-state index contributed by atoms with van der Waals surface area (Å²) in [6, 6.07) is 8.29. The Bertz CT molecular complexity index is 528. The topological polar surface area (TPSA) is 93.8 Å². The highest BCUT2D eigenvalue weighted by Crippen LogP contribution is 2.20. The second kappa shape index (κ2) is 7.42. The van der Waals surface area contributed by atoms with E-state index in [2.05, 4.69) is 10.5 Å². The summed E-state index contributed by atoms with van der Waals surface area (Å²) in [4.78, 5) is 22.6. The van der Waals surface area contributed by atoms with Gasteiger partial charge in [0.2, 0.25) is 0 Å². The van der Waals surface area contributed by atoms with Crippen LogP contribution in [0.4, 0.5) is 4.79 Å². The smallest absolute Gasteiger partial charge is 0.338 e. The van der Waals surface area contributed by atoms with E-state index >= 15 is 0 Å². The molecule has 3 N–H and O–H groups in total. The third-order valence-electron chi connectivity index (χ3n) is 3.35. The van der Waals surface area contributed by atoms with Crippen LogP contribution in [0.15, 0.2) is 35.4 Å². The Balaban J connectivity index is 1.87. The van der Waals surface area contributed by atoms with Gasteiger partial charge in [-0.1, -0.05) is 18.2 Å². The summed E-state index contributed by atoms with van der Waals surface area (Å²) in [6.45, 7) is 0. The molecule has 1 aromatic carbocycles. The number of nitrogens with one attached hydrogen (secondary N) is 1. The van der Waals surface area contributed by atoms with E-state index in [1.165, 1.54) is 0 Å². The number of hydrogen-bond acceptors (Lipinski definition) is 4. The van der Waals surface area contributed by atoms with Gasteiger partial charge in [-0.2, -0.15) is 5.10 Å². The van der Waals surface area contributed by atoms with Crippen molar-refractivity contribution < 1.29 is 14.3 Å². The predicted octanol–water partition coefficient (Wildman–Crippen LogP) is 2.20. The van der Waals surface area contributed by atoms with Gasteiger partial charge >= 0.3 is 12.0 Å². The number of esters is 1. The minimum absolute atomic E-state index is 0.112. The van der Waals surface area contributed by atoms with Crippen LogP contribution in [0.5, 0.6) is 0 Å². The van der Waals surface area contributed by atoms with Gasteiger partial charge in [-0.25, -0.2) is 15.0 Å². The van der Waals surface area contributed by atoms with Crippen LogP contribution < -0.4 is 11.2 Å². The van der Waals surface area contributed by atoms with Crippen molar-refractivity contribution in [3.05, 3.63) is 35.9 Å². The van der Waals surface area contributed by atoms with E-state index in [0.29, 0.717) is 18.4 Å². The SMILES string of the molecule is NC(=O)N/N=C1/CCC[C@@H](OC(=O)c2ccccc2)CC1. The van der Waals surface area contributed by atoms with Crippen molar-refractivity contribution >= 4 is 17.7 Å². The molecule has 2 rings (SSSR count). The Morgan fingerprint density at radius 3 is 2.67 bits per heavy atom. The minimum atomic E-state index is -0.668. The molecule has 0 radical (unpaired) electrons. The summed E-state index contributed by atoms with van der Waals surface area (Å²) in [7, 11) is 0. The molecule has 0 bridgehead atoms. The normalized spacial score (nSPS) is 20.6. The molecule has 2 amide bonds. The second-order valence-electron chi connectivity index (χ2n) is 4.98. The molecule has 112 valence electrons. The first-order valence-electron chi connectivity index (χ1n) is 7.02. The number of primary amides is 1. The van der Waals surface area contributed by atoms with Crippen LogP contribution in [0.2, 0.25) is 0 Å². The maximum Gasteiger partial charge on any atom is 0.338 e. The molecule has 1 aliphatic carbocycles. The van der Waals surface area contributed by atoms with E-state index in [1.54, 1.807) is 12.1 Å². The number of hydrazone groups is 1. The van der Waals surface area contributed by atoms with Gasteiger partial charge in [0.25, 0.3) is 0 Å². The molecule has 1 atom stereocenters. The first kappa shape index (κ1) is 15.0. The van der Waals surface area contributed by atoms with E-state index in [1.807, 2.05) is 18.2 Å². The van der Waals surface area contributed by atoms with Crippen molar-refractivity contribution in [2.24, 2.45) is 10.8 Å². The zero-order chi connectivity index (χ0) is 15.1. The van der Waals surface area contributed by atoms with Crippen molar-refractivity contribution in [2.45, 2.75) is 38.2 Å². The molecule has 1 aromatic rings. The summed E-state index contributed by atoms with van der Waals surface area (Å²) in [5.74, 6) is -0.295. The fraction of sp³-hybridized carbons (Fsp3) is 0.400. The van der Waals surface area contributed by atoms with Gasteiger partial charge in [-0.3, -0.25) is 0 Å². The lowest BCUT2D eigenvalue weighted by Crippen LogP contribution is -2.25. The lowest BCUT2D eigenvalue weighted by molar-refractivity contribution is 0.0270. The summed E-state index contributed by atoms with van der Waals surface area (Å²) in [6.07, 6.45) is 3.73. The lowest BCUT2D eigenvalue weighted by Gasteiger charge is -2.15.